The van der Waals surface area contributed by atoms with Gasteiger partial charge in [0.15, 0.2) is 0 Å². The van der Waals surface area contributed by atoms with E-state index in [1.807, 2.05) is 24.3 Å². The summed E-state index contributed by atoms with van der Waals surface area (Å²) in [5.41, 5.74) is 0. The van der Waals surface area contributed by atoms with Crippen molar-refractivity contribution in [3.05, 3.63) is 72.5 Å². The molecule has 0 aliphatic carbocycles. The lowest BCUT2D eigenvalue weighted by Crippen LogP contribution is -2.31. The van der Waals surface area contributed by atoms with E-state index in [0.717, 1.165) is 10.8 Å². The molecule has 0 radical (unpaired) electrons. The van der Waals surface area contributed by atoms with Crippen molar-refractivity contribution in [2.45, 2.75) is 4.90 Å². The van der Waals surface area contributed by atoms with Crippen LogP contribution in [-0.2, 0) is 10.0 Å². The standard InChI is InChI=1S/C19H18FNO3S/c1-21(12-13-24-18-9-7-17(20)8-10-18)25(22,23)19-11-6-15-4-2-3-5-16(15)14-19/h2-11,14H,12-13H2,1H3. The maximum Gasteiger partial charge on any atom is 0.242 e. The molecule has 0 aliphatic heterocycles. The molecule has 130 valence electrons. The molecule has 3 aromatic rings. The molecular weight excluding hydrogens is 341 g/mol. The van der Waals surface area contributed by atoms with Crippen molar-refractivity contribution in [1.82, 2.24) is 4.31 Å². The summed E-state index contributed by atoms with van der Waals surface area (Å²) in [6, 6.07) is 18.3. The molecule has 6 heteroatoms. The minimum absolute atomic E-state index is 0.176. The first kappa shape index (κ1) is 17.4. The first-order valence-corrected chi connectivity index (χ1v) is 9.24. The second-order valence-corrected chi connectivity index (χ2v) is 7.68. The van der Waals surface area contributed by atoms with Crippen LogP contribution in [-0.4, -0.2) is 32.9 Å². The van der Waals surface area contributed by atoms with Gasteiger partial charge in [0.2, 0.25) is 10.0 Å². The van der Waals surface area contributed by atoms with Crippen LogP contribution < -0.4 is 4.74 Å². The summed E-state index contributed by atoms with van der Waals surface area (Å²) in [4.78, 5) is 0.246. The Labute approximate surface area is 146 Å². The molecule has 0 N–H and O–H groups in total. The van der Waals surface area contributed by atoms with Gasteiger partial charge in [-0.05, 0) is 47.2 Å². The van der Waals surface area contributed by atoms with Gasteiger partial charge in [0.1, 0.15) is 18.2 Å². The van der Waals surface area contributed by atoms with Gasteiger partial charge in [0.25, 0.3) is 0 Å². The predicted octanol–water partition coefficient (Wildman–Crippen LogP) is 3.68. The molecule has 3 aromatic carbocycles. The highest BCUT2D eigenvalue weighted by Crippen LogP contribution is 2.21. The zero-order valence-corrected chi connectivity index (χ0v) is 14.5. The molecule has 0 saturated carbocycles. The van der Waals surface area contributed by atoms with Crippen LogP contribution in [0.15, 0.2) is 71.6 Å². The first-order valence-electron chi connectivity index (χ1n) is 7.80. The third-order valence-electron chi connectivity index (χ3n) is 3.92. The van der Waals surface area contributed by atoms with Crippen molar-refractivity contribution in [3.63, 3.8) is 0 Å². The SMILES string of the molecule is CN(CCOc1ccc(F)cc1)S(=O)(=O)c1ccc2ccccc2c1. The molecule has 0 atom stereocenters. The van der Waals surface area contributed by atoms with E-state index < -0.39 is 10.0 Å². The van der Waals surface area contributed by atoms with E-state index in [0.29, 0.717) is 5.75 Å². The third-order valence-corrected chi connectivity index (χ3v) is 5.77. The van der Waals surface area contributed by atoms with Crippen molar-refractivity contribution in [2.24, 2.45) is 0 Å². The van der Waals surface area contributed by atoms with Crippen molar-refractivity contribution >= 4 is 20.8 Å². The summed E-state index contributed by atoms with van der Waals surface area (Å²) in [7, 11) is -2.09. The first-order chi connectivity index (χ1) is 12.0. The van der Waals surface area contributed by atoms with Crippen LogP contribution in [0.3, 0.4) is 0 Å². The maximum absolute atomic E-state index is 12.8. The Balaban J connectivity index is 1.68. The molecule has 3 rings (SSSR count). The average Bonchev–Trinajstić information content (AvgIpc) is 2.62. The summed E-state index contributed by atoms with van der Waals surface area (Å²) in [6.45, 7) is 0.363. The summed E-state index contributed by atoms with van der Waals surface area (Å²) in [6.07, 6.45) is 0. The van der Waals surface area contributed by atoms with Gasteiger partial charge in [-0.1, -0.05) is 30.3 Å². The number of fused-ring (bicyclic) bond motifs is 1. The largest absolute Gasteiger partial charge is 0.492 e. The number of nitrogens with zero attached hydrogens (tertiary/aromatic N) is 1. The zero-order valence-electron chi connectivity index (χ0n) is 13.7. The highest BCUT2D eigenvalue weighted by molar-refractivity contribution is 7.89. The minimum atomic E-state index is -3.60. The summed E-state index contributed by atoms with van der Waals surface area (Å²) >= 11 is 0. The normalized spacial score (nSPS) is 11.8. The third kappa shape index (κ3) is 3.97. The Kier molecular flexibility index (Phi) is 5.01. The molecule has 4 nitrogen and oxygen atoms in total. The number of rotatable bonds is 6. The lowest BCUT2D eigenvalue weighted by Gasteiger charge is -2.18. The minimum Gasteiger partial charge on any atom is -0.492 e. The second kappa shape index (κ2) is 7.21. The van der Waals surface area contributed by atoms with Crippen LogP contribution in [0.25, 0.3) is 10.8 Å². The number of halogens is 1. The molecule has 0 spiro atoms. The highest BCUT2D eigenvalue weighted by atomic mass is 32.2. The van der Waals surface area contributed by atoms with E-state index in [-0.39, 0.29) is 23.9 Å². The Morgan fingerprint density at radius 3 is 2.36 bits per heavy atom. The Hall–Kier alpha value is -2.44. The average molecular weight is 359 g/mol. The fraction of sp³-hybridized carbons (Fsp3) is 0.158. The predicted molar refractivity (Wildman–Crippen MR) is 95.7 cm³/mol. The zero-order chi connectivity index (χ0) is 17.9. The molecule has 0 aliphatic rings. The lowest BCUT2D eigenvalue weighted by atomic mass is 10.1. The Bertz CT molecular complexity index is 971. The van der Waals surface area contributed by atoms with Crippen molar-refractivity contribution in [3.8, 4) is 5.75 Å². The van der Waals surface area contributed by atoms with E-state index in [2.05, 4.69) is 0 Å². The van der Waals surface area contributed by atoms with Crippen molar-refractivity contribution < 1.29 is 17.5 Å². The van der Waals surface area contributed by atoms with Crippen LogP contribution in [0.4, 0.5) is 4.39 Å². The number of hydrogen-bond acceptors (Lipinski definition) is 3. The van der Waals surface area contributed by atoms with Gasteiger partial charge in [0.05, 0.1) is 4.90 Å². The Morgan fingerprint density at radius 1 is 0.960 bits per heavy atom. The topological polar surface area (TPSA) is 46.6 Å². The van der Waals surface area contributed by atoms with E-state index >= 15 is 0 Å². The van der Waals surface area contributed by atoms with Gasteiger partial charge >= 0.3 is 0 Å². The van der Waals surface area contributed by atoms with Gasteiger partial charge in [-0.25, -0.2) is 12.8 Å². The lowest BCUT2D eigenvalue weighted by molar-refractivity contribution is 0.286. The van der Waals surface area contributed by atoms with Crippen LogP contribution >= 0.6 is 0 Å². The number of hydrogen-bond donors (Lipinski definition) is 0. The monoisotopic (exact) mass is 359 g/mol. The van der Waals surface area contributed by atoms with Gasteiger partial charge in [-0.3, -0.25) is 0 Å². The van der Waals surface area contributed by atoms with Gasteiger partial charge in [0, 0.05) is 13.6 Å². The highest BCUT2D eigenvalue weighted by Gasteiger charge is 2.20. The molecular formula is C19H18FNO3S. The summed E-state index contributed by atoms with van der Waals surface area (Å²) in [5.74, 6) is 0.154. The molecule has 0 fully saturated rings. The van der Waals surface area contributed by atoms with Crippen LogP contribution in [0.1, 0.15) is 0 Å². The van der Waals surface area contributed by atoms with E-state index in [1.165, 1.54) is 35.6 Å². The molecule has 0 unspecified atom stereocenters. The summed E-state index contributed by atoms with van der Waals surface area (Å²) < 4.78 is 44.9. The van der Waals surface area contributed by atoms with Gasteiger partial charge < -0.3 is 4.74 Å². The van der Waals surface area contributed by atoms with Crippen molar-refractivity contribution in [1.29, 1.82) is 0 Å². The van der Waals surface area contributed by atoms with Crippen molar-refractivity contribution in [2.75, 3.05) is 20.2 Å². The van der Waals surface area contributed by atoms with Crippen LogP contribution in [0.5, 0.6) is 5.75 Å². The maximum atomic E-state index is 12.8. The number of likely N-dealkylation sites (N-methyl/N-ethyl adjacent to an activating group) is 1. The number of ether oxygens (including phenoxy) is 1. The van der Waals surface area contributed by atoms with Gasteiger partial charge in [-0.15, -0.1) is 0 Å². The molecule has 0 bridgehead atoms. The molecule has 0 aromatic heterocycles. The quantitative estimate of drug-likeness (QED) is 0.674. The van der Waals surface area contributed by atoms with Gasteiger partial charge in [-0.2, -0.15) is 4.31 Å². The van der Waals surface area contributed by atoms with Crippen LogP contribution in [0.2, 0.25) is 0 Å². The summed E-state index contributed by atoms with van der Waals surface area (Å²) in [5, 5.41) is 1.86. The fourth-order valence-electron chi connectivity index (χ4n) is 2.45. The van der Waals surface area contributed by atoms with E-state index in [1.54, 1.807) is 18.2 Å². The number of sulfonamides is 1. The van der Waals surface area contributed by atoms with E-state index in [9.17, 15) is 12.8 Å². The fourth-order valence-corrected chi connectivity index (χ4v) is 3.64. The smallest absolute Gasteiger partial charge is 0.242 e. The molecule has 0 heterocycles. The number of benzene rings is 3. The molecule has 25 heavy (non-hydrogen) atoms. The molecule has 0 amide bonds. The molecule has 0 saturated heterocycles. The van der Waals surface area contributed by atoms with E-state index in [4.69, 9.17) is 4.74 Å². The van der Waals surface area contributed by atoms with Crippen LogP contribution in [0, 0.1) is 5.82 Å². The second-order valence-electron chi connectivity index (χ2n) is 5.64. The Morgan fingerprint density at radius 2 is 1.64 bits per heavy atom.